The summed E-state index contributed by atoms with van der Waals surface area (Å²) in [4.78, 5) is 36.5. The van der Waals surface area contributed by atoms with E-state index in [9.17, 15) is 19.5 Å². The molecule has 0 aliphatic heterocycles. The van der Waals surface area contributed by atoms with Gasteiger partial charge in [-0.3, -0.25) is 4.79 Å². The minimum atomic E-state index is -1.07. The van der Waals surface area contributed by atoms with Crippen LogP contribution in [0.5, 0.6) is 11.5 Å². The van der Waals surface area contributed by atoms with Crippen molar-refractivity contribution in [1.29, 1.82) is 0 Å². The maximum Gasteiger partial charge on any atom is 0.338 e. The van der Waals surface area contributed by atoms with Crippen LogP contribution in [-0.2, 0) is 9.53 Å². The Kier molecular flexibility index (Phi) is 7.01. The maximum atomic E-state index is 12.8. The van der Waals surface area contributed by atoms with Gasteiger partial charge in [0.15, 0.2) is 5.43 Å². The van der Waals surface area contributed by atoms with E-state index in [2.05, 4.69) is 6.58 Å². The Balaban J connectivity index is 1.34. The summed E-state index contributed by atoms with van der Waals surface area (Å²) < 4.78 is 17.3. The third-order valence-electron chi connectivity index (χ3n) is 4.87. The van der Waals surface area contributed by atoms with E-state index < -0.39 is 18.0 Å². The van der Waals surface area contributed by atoms with Gasteiger partial charge in [0.1, 0.15) is 30.8 Å². The molecule has 1 aromatic heterocycles. The first-order valence-corrected chi connectivity index (χ1v) is 11.1. The summed E-state index contributed by atoms with van der Waals surface area (Å²) in [7, 11) is 0. The molecule has 0 saturated carbocycles. The number of esters is 2. The highest BCUT2D eigenvalue weighted by molar-refractivity contribution is 7.24. The highest BCUT2D eigenvalue weighted by Gasteiger charge is 2.14. The lowest BCUT2D eigenvalue weighted by molar-refractivity contribution is -0.128. The van der Waals surface area contributed by atoms with Crippen molar-refractivity contribution < 1.29 is 28.9 Å². The third kappa shape index (κ3) is 5.31. The van der Waals surface area contributed by atoms with Crippen molar-refractivity contribution in [3.05, 3.63) is 95.2 Å². The summed E-state index contributed by atoms with van der Waals surface area (Å²) in [6, 6.07) is 18.4. The molecule has 4 aromatic rings. The molecular weight excluding hydrogens is 456 g/mol. The largest absolute Gasteiger partial charge is 0.491 e. The molecule has 0 fully saturated rings. The molecule has 0 spiro atoms. The molecular formula is C26H20O7S. The van der Waals surface area contributed by atoms with E-state index in [1.54, 1.807) is 36.4 Å². The molecule has 0 saturated heterocycles. The van der Waals surface area contributed by atoms with Crippen LogP contribution in [0.25, 0.3) is 20.2 Å². The van der Waals surface area contributed by atoms with Crippen LogP contribution in [0.1, 0.15) is 10.4 Å². The SMILES string of the molecule is C=CC(=O)Oc1ccc(OCC(O)COC(=O)c2ccc3sc4ccccc4c(=O)c3c2)cc1. The molecule has 0 aliphatic carbocycles. The zero-order chi connectivity index (χ0) is 24.1. The summed E-state index contributed by atoms with van der Waals surface area (Å²) in [5, 5.41) is 11.2. The second-order valence-corrected chi connectivity index (χ2v) is 8.38. The number of carbonyl (C=O) groups excluding carboxylic acids is 2. The van der Waals surface area contributed by atoms with E-state index >= 15 is 0 Å². The smallest absolute Gasteiger partial charge is 0.338 e. The average molecular weight is 477 g/mol. The molecule has 172 valence electrons. The predicted molar refractivity (Wildman–Crippen MR) is 130 cm³/mol. The van der Waals surface area contributed by atoms with E-state index in [0.717, 1.165) is 15.5 Å². The van der Waals surface area contributed by atoms with Gasteiger partial charge in [0, 0.05) is 26.2 Å². The molecule has 8 heteroatoms. The topological polar surface area (TPSA) is 99.1 Å². The molecule has 7 nitrogen and oxygen atoms in total. The molecule has 0 radical (unpaired) electrons. The molecule has 1 heterocycles. The predicted octanol–water partition coefficient (Wildman–Crippen LogP) is 4.10. The number of ether oxygens (including phenoxy) is 3. The van der Waals surface area contributed by atoms with E-state index in [1.165, 1.54) is 29.5 Å². The zero-order valence-corrected chi connectivity index (χ0v) is 18.7. The first-order chi connectivity index (χ1) is 16.4. The number of aliphatic hydroxyl groups excluding tert-OH is 1. The lowest BCUT2D eigenvalue weighted by Gasteiger charge is -2.13. The standard InChI is InChI=1S/C26H20O7S/c1-2-24(28)33-19-10-8-18(9-11-19)31-14-17(27)15-32-26(30)16-7-12-23-21(13-16)25(29)20-5-3-4-6-22(20)34-23/h2-13,17,27H,1,14-15H2. The van der Waals surface area contributed by atoms with Gasteiger partial charge >= 0.3 is 11.9 Å². The van der Waals surface area contributed by atoms with Crippen molar-refractivity contribution in [1.82, 2.24) is 0 Å². The van der Waals surface area contributed by atoms with Gasteiger partial charge in [0.2, 0.25) is 0 Å². The molecule has 0 bridgehead atoms. The molecule has 1 unspecified atom stereocenters. The lowest BCUT2D eigenvalue weighted by atomic mass is 10.1. The second kappa shape index (κ2) is 10.3. The van der Waals surface area contributed by atoms with Crippen molar-refractivity contribution >= 4 is 43.4 Å². The van der Waals surface area contributed by atoms with E-state index in [1.807, 2.05) is 12.1 Å². The van der Waals surface area contributed by atoms with Gasteiger partial charge < -0.3 is 19.3 Å². The molecule has 1 atom stereocenters. The molecule has 3 aromatic carbocycles. The monoisotopic (exact) mass is 476 g/mol. The van der Waals surface area contributed by atoms with Gasteiger partial charge in [-0.1, -0.05) is 18.7 Å². The Labute approximate surface area is 198 Å². The second-order valence-electron chi connectivity index (χ2n) is 7.30. The number of hydrogen-bond donors (Lipinski definition) is 1. The van der Waals surface area contributed by atoms with Crippen LogP contribution in [0.4, 0.5) is 0 Å². The number of hydrogen-bond acceptors (Lipinski definition) is 8. The molecule has 0 amide bonds. The van der Waals surface area contributed by atoms with Crippen molar-refractivity contribution in [2.45, 2.75) is 6.10 Å². The summed E-state index contributed by atoms with van der Waals surface area (Å²) in [5.41, 5.74) is 0.0857. The summed E-state index contributed by atoms with van der Waals surface area (Å²) in [6.45, 7) is 2.93. The van der Waals surface area contributed by atoms with Crippen LogP contribution in [0, 0.1) is 0 Å². The summed E-state index contributed by atoms with van der Waals surface area (Å²) >= 11 is 1.48. The van der Waals surface area contributed by atoms with Gasteiger partial charge in [-0.2, -0.15) is 0 Å². The van der Waals surface area contributed by atoms with E-state index in [4.69, 9.17) is 14.2 Å². The van der Waals surface area contributed by atoms with Gasteiger partial charge in [0.05, 0.1) is 5.56 Å². The van der Waals surface area contributed by atoms with Crippen LogP contribution in [0.15, 0.2) is 84.2 Å². The number of aliphatic hydroxyl groups is 1. The van der Waals surface area contributed by atoms with Crippen LogP contribution >= 0.6 is 11.3 Å². The minimum Gasteiger partial charge on any atom is -0.491 e. The summed E-state index contributed by atoms with van der Waals surface area (Å²) in [5.74, 6) is -0.448. The first kappa shape index (κ1) is 23.2. The molecule has 4 rings (SSSR count). The van der Waals surface area contributed by atoms with Gasteiger partial charge in [-0.25, -0.2) is 9.59 Å². The summed E-state index contributed by atoms with van der Waals surface area (Å²) in [6.07, 6.45) is -0.00821. The zero-order valence-electron chi connectivity index (χ0n) is 17.9. The molecule has 0 aliphatic rings. The first-order valence-electron chi connectivity index (χ1n) is 10.3. The van der Waals surface area contributed by atoms with Crippen molar-refractivity contribution in [3.63, 3.8) is 0 Å². The van der Waals surface area contributed by atoms with Crippen molar-refractivity contribution in [2.75, 3.05) is 13.2 Å². The lowest BCUT2D eigenvalue weighted by Crippen LogP contribution is -2.25. The van der Waals surface area contributed by atoms with Gasteiger partial charge in [-0.05, 0) is 54.6 Å². The Morgan fingerprint density at radius 1 is 0.941 bits per heavy atom. The van der Waals surface area contributed by atoms with E-state index in [-0.39, 0.29) is 24.2 Å². The number of rotatable bonds is 8. The van der Waals surface area contributed by atoms with Crippen LogP contribution in [0.2, 0.25) is 0 Å². The highest BCUT2D eigenvalue weighted by atomic mass is 32.1. The van der Waals surface area contributed by atoms with Gasteiger partial charge in [-0.15, -0.1) is 11.3 Å². The maximum absolute atomic E-state index is 12.8. The fourth-order valence-corrected chi connectivity index (χ4v) is 4.24. The third-order valence-corrected chi connectivity index (χ3v) is 6.02. The minimum absolute atomic E-state index is 0.116. The number of carbonyl (C=O) groups is 2. The van der Waals surface area contributed by atoms with Crippen molar-refractivity contribution in [2.24, 2.45) is 0 Å². The van der Waals surface area contributed by atoms with Crippen LogP contribution in [-0.4, -0.2) is 36.4 Å². The van der Waals surface area contributed by atoms with E-state index in [0.29, 0.717) is 22.3 Å². The van der Waals surface area contributed by atoms with Gasteiger partial charge in [0.25, 0.3) is 0 Å². The Hall–Kier alpha value is -4.01. The quantitative estimate of drug-likeness (QED) is 0.177. The average Bonchev–Trinajstić information content (AvgIpc) is 2.86. The fourth-order valence-electron chi connectivity index (χ4n) is 3.19. The normalized spacial score (nSPS) is 11.7. The highest BCUT2D eigenvalue weighted by Crippen LogP contribution is 2.25. The number of benzene rings is 3. The number of fused-ring (bicyclic) bond motifs is 2. The molecule has 1 N–H and O–H groups in total. The van der Waals surface area contributed by atoms with Crippen LogP contribution < -0.4 is 14.9 Å². The fraction of sp³-hybridized carbons (Fsp3) is 0.115. The Morgan fingerprint density at radius 2 is 1.65 bits per heavy atom. The van der Waals surface area contributed by atoms with Crippen molar-refractivity contribution in [3.8, 4) is 11.5 Å². The molecule has 34 heavy (non-hydrogen) atoms. The van der Waals surface area contributed by atoms with Crippen LogP contribution in [0.3, 0.4) is 0 Å². The Bertz CT molecular complexity index is 1420. The Morgan fingerprint density at radius 3 is 2.41 bits per heavy atom.